The van der Waals surface area contributed by atoms with Gasteiger partial charge in [0.1, 0.15) is 0 Å². The second-order valence-corrected chi connectivity index (χ2v) is 3.85. The van der Waals surface area contributed by atoms with E-state index in [4.69, 9.17) is 0 Å². The lowest BCUT2D eigenvalue weighted by Crippen LogP contribution is -2.19. The molecular formula is C12H12F3N3. The summed E-state index contributed by atoms with van der Waals surface area (Å²) in [7, 11) is 0. The summed E-state index contributed by atoms with van der Waals surface area (Å²) in [5, 5.41) is 3.01. The van der Waals surface area contributed by atoms with Gasteiger partial charge < -0.3 is 9.88 Å². The van der Waals surface area contributed by atoms with Crippen molar-refractivity contribution in [1.82, 2.24) is 14.9 Å². The van der Waals surface area contributed by atoms with Crippen LogP contribution in [-0.2, 0) is 13.1 Å². The molecule has 2 aromatic rings. The minimum Gasteiger partial charge on any atom is -0.336 e. The molecule has 6 heteroatoms. The third-order valence-corrected chi connectivity index (χ3v) is 2.48. The highest BCUT2D eigenvalue weighted by molar-refractivity contribution is 5.19. The van der Waals surface area contributed by atoms with Crippen molar-refractivity contribution in [2.24, 2.45) is 0 Å². The van der Waals surface area contributed by atoms with Gasteiger partial charge in [0, 0.05) is 32.0 Å². The van der Waals surface area contributed by atoms with E-state index in [1.165, 1.54) is 0 Å². The number of imidazole rings is 1. The fourth-order valence-electron chi connectivity index (χ4n) is 1.57. The van der Waals surface area contributed by atoms with Crippen LogP contribution in [0.3, 0.4) is 0 Å². The van der Waals surface area contributed by atoms with Crippen molar-refractivity contribution in [2.45, 2.75) is 13.1 Å². The summed E-state index contributed by atoms with van der Waals surface area (Å²) in [6, 6.07) is 1.98. The molecule has 0 bridgehead atoms. The van der Waals surface area contributed by atoms with Gasteiger partial charge in [-0.05, 0) is 17.7 Å². The maximum Gasteiger partial charge on any atom is 0.194 e. The molecule has 0 atom stereocenters. The van der Waals surface area contributed by atoms with Gasteiger partial charge in [0.2, 0.25) is 0 Å². The van der Waals surface area contributed by atoms with Crippen LogP contribution < -0.4 is 5.32 Å². The van der Waals surface area contributed by atoms with Crippen LogP contribution >= 0.6 is 0 Å². The molecule has 18 heavy (non-hydrogen) atoms. The normalized spacial score (nSPS) is 10.8. The van der Waals surface area contributed by atoms with Gasteiger partial charge in [-0.1, -0.05) is 0 Å². The smallest absolute Gasteiger partial charge is 0.194 e. The van der Waals surface area contributed by atoms with E-state index < -0.39 is 17.5 Å². The molecule has 0 spiro atoms. The maximum atomic E-state index is 12.9. The quantitative estimate of drug-likeness (QED) is 0.655. The monoisotopic (exact) mass is 255 g/mol. The predicted octanol–water partition coefficient (Wildman–Crippen LogP) is 2.09. The molecule has 1 aromatic carbocycles. The molecule has 0 fully saturated rings. The number of benzene rings is 1. The standard InChI is InChI=1S/C12H12F3N3/c13-10-5-9(6-11(14)12(10)15)7-16-1-3-18-4-2-17-8-18/h2,4-6,8,16H,1,3,7H2. The Labute approximate surface area is 102 Å². The zero-order chi connectivity index (χ0) is 13.0. The fourth-order valence-corrected chi connectivity index (χ4v) is 1.57. The molecule has 1 heterocycles. The molecule has 0 aliphatic rings. The van der Waals surface area contributed by atoms with Crippen molar-refractivity contribution >= 4 is 0 Å². The number of nitrogens with one attached hydrogen (secondary N) is 1. The van der Waals surface area contributed by atoms with Gasteiger partial charge in [-0.2, -0.15) is 0 Å². The summed E-state index contributed by atoms with van der Waals surface area (Å²) >= 11 is 0. The third kappa shape index (κ3) is 3.10. The van der Waals surface area contributed by atoms with Gasteiger partial charge in [-0.25, -0.2) is 18.2 Å². The van der Waals surface area contributed by atoms with E-state index in [0.717, 1.165) is 12.1 Å². The zero-order valence-corrected chi connectivity index (χ0v) is 9.54. The third-order valence-electron chi connectivity index (χ3n) is 2.48. The summed E-state index contributed by atoms with van der Waals surface area (Å²) in [5.41, 5.74) is 0.372. The molecule has 0 amide bonds. The maximum absolute atomic E-state index is 12.9. The van der Waals surface area contributed by atoms with Crippen LogP contribution in [0.4, 0.5) is 13.2 Å². The van der Waals surface area contributed by atoms with Crippen LogP contribution in [0, 0.1) is 17.5 Å². The Morgan fingerprint density at radius 2 is 1.89 bits per heavy atom. The van der Waals surface area contributed by atoms with Gasteiger partial charge in [-0.15, -0.1) is 0 Å². The molecule has 0 saturated heterocycles. The minimum atomic E-state index is -1.43. The van der Waals surface area contributed by atoms with Crippen LogP contribution in [-0.4, -0.2) is 16.1 Å². The fraction of sp³-hybridized carbons (Fsp3) is 0.250. The zero-order valence-electron chi connectivity index (χ0n) is 9.54. The average Bonchev–Trinajstić information content (AvgIpc) is 2.84. The van der Waals surface area contributed by atoms with Crippen LogP contribution in [0.1, 0.15) is 5.56 Å². The molecule has 0 unspecified atom stereocenters. The number of hydrogen-bond donors (Lipinski definition) is 1. The van der Waals surface area contributed by atoms with Crippen molar-refractivity contribution in [3.63, 3.8) is 0 Å². The van der Waals surface area contributed by atoms with E-state index in [1.807, 2.05) is 10.8 Å². The van der Waals surface area contributed by atoms with Gasteiger partial charge in [0.05, 0.1) is 6.33 Å². The summed E-state index contributed by atoms with van der Waals surface area (Å²) in [4.78, 5) is 3.89. The predicted molar refractivity (Wildman–Crippen MR) is 60.2 cm³/mol. The lowest BCUT2D eigenvalue weighted by Gasteiger charge is -2.06. The first kappa shape index (κ1) is 12.6. The average molecular weight is 255 g/mol. The van der Waals surface area contributed by atoms with Crippen LogP contribution in [0.2, 0.25) is 0 Å². The van der Waals surface area contributed by atoms with Crippen LogP contribution in [0.15, 0.2) is 30.9 Å². The highest BCUT2D eigenvalue weighted by Gasteiger charge is 2.09. The largest absolute Gasteiger partial charge is 0.336 e. The van der Waals surface area contributed by atoms with Crippen molar-refractivity contribution in [2.75, 3.05) is 6.54 Å². The summed E-state index contributed by atoms with van der Waals surface area (Å²) < 4.78 is 40.4. The van der Waals surface area contributed by atoms with E-state index in [9.17, 15) is 13.2 Å². The Kier molecular flexibility index (Phi) is 3.99. The minimum absolute atomic E-state index is 0.281. The molecule has 0 aliphatic heterocycles. The first-order chi connectivity index (χ1) is 8.66. The molecule has 1 N–H and O–H groups in total. The van der Waals surface area contributed by atoms with Crippen molar-refractivity contribution in [3.05, 3.63) is 53.9 Å². The number of halogens is 3. The van der Waals surface area contributed by atoms with Gasteiger partial charge in [-0.3, -0.25) is 0 Å². The number of rotatable bonds is 5. The van der Waals surface area contributed by atoms with Crippen molar-refractivity contribution < 1.29 is 13.2 Å². The summed E-state index contributed by atoms with van der Waals surface area (Å²) in [5.74, 6) is -3.76. The Bertz CT molecular complexity index is 488. The lowest BCUT2D eigenvalue weighted by atomic mass is 10.2. The van der Waals surface area contributed by atoms with Gasteiger partial charge in [0.25, 0.3) is 0 Å². The number of nitrogens with zero attached hydrogens (tertiary/aromatic N) is 2. The van der Waals surface area contributed by atoms with Crippen molar-refractivity contribution in [1.29, 1.82) is 0 Å². The Morgan fingerprint density at radius 3 is 2.50 bits per heavy atom. The molecule has 3 nitrogen and oxygen atoms in total. The molecule has 1 aromatic heterocycles. The highest BCUT2D eigenvalue weighted by atomic mass is 19.2. The van der Waals surface area contributed by atoms with E-state index in [0.29, 0.717) is 18.7 Å². The first-order valence-corrected chi connectivity index (χ1v) is 5.46. The molecular weight excluding hydrogens is 243 g/mol. The summed E-state index contributed by atoms with van der Waals surface area (Å²) in [6.45, 7) is 1.60. The van der Waals surface area contributed by atoms with Crippen LogP contribution in [0.5, 0.6) is 0 Å². The lowest BCUT2D eigenvalue weighted by molar-refractivity contribution is 0.444. The first-order valence-electron chi connectivity index (χ1n) is 5.46. The molecule has 0 radical (unpaired) electrons. The van der Waals surface area contributed by atoms with E-state index >= 15 is 0 Å². The molecule has 96 valence electrons. The molecule has 2 rings (SSSR count). The number of aromatic nitrogens is 2. The topological polar surface area (TPSA) is 29.9 Å². The number of hydrogen-bond acceptors (Lipinski definition) is 2. The van der Waals surface area contributed by atoms with E-state index in [-0.39, 0.29) is 6.54 Å². The van der Waals surface area contributed by atoms with Gasteiger partial charge in [0.15, 0.2) is 17.5 Å². The Balaban J connectivity index is 1.83. The van der Waals surface area contributed by atoms with Crippen molar-refractivity contribution in [3.8, 4) is 0 Å². The second kappa shape index (κ2) is 5.68. The van der Waals surface area contributed by atoms with Gasteiger partial charge >= 0.3 is 0 Å². The van der Waals surface area contributed by atoms with E-state index in [1.54, 1.807) is 12.5 Å². The molecule has 0 aliphatic carbocycles. The van der Waals surface area contributed by atoms with Crippen LogP contribution in [0.25, 0.3) is 0 Å². The molecule has 0 saturated carbocycles. The second-order valence-electron chi connectivity index (χ2n) is 3.85. The summed E-state index contributed by atoms with van der Waals surface area (Å²) in [6.07, 6.45) is 5.17. The SMILES string of the molecule is Fc1cc(CNCCn2ccnc2)cc(F)c1F. The Hall–Kier alpha value is -1.82. The highest BCUT2D eigenvalue weighted by Crippen LogP contribution is 2.13. The van der Waals surface area contributed by atoms with E-state index in [2.05, 4.69) is 10.3 Å². The Morgan fingerprint density at radius 1 is 1.17 bits per heavy atom.